The van der Waals surface area contributed by atoms with E-state index >= 15 is 0 Å². The van der Waals surface area contributed by atoms with Crippen molar-refractivity contribution in [2.75, 3.05) is 13.1 Å². The minimum absolute atomic E-state index is 0.111. The average Bonchev–Trinajstić information content (AvgIpc) is 2.13. The molecule has 0 amide bonds. The first-order valence-electron chi connectivity index (χ1n) is 4.62. The van der Waals surface area contributed by atoms with E-state index in [2.05, 4.69) is 12.2 Å². The highest BCUT2D eigenvalue weighted by Gasteiger charge is 1.96. The minimum atomic E-state index is 0.111. The highest BCUT2D eigenvalue weighted by Crippen LogP contribution is 1.88. The molecule has 3 nitrogen and oxygen atoms in total. The monoisotopic (exact) mass is 180 g/mol. The van der Waals surface area contributed by atoms with Crippen molar-refractivity contribution in [2.45, 2.75) is 20.4 Å². The number of hydrogen-bond donors (Lipinski definition) is 1. The third-order valence-electron chi connectivity index (χ3n) is 1.99. The van der Waals surface area contributed by atoms with E-state index in [-0.39, 0.29) is 5.56 Å². The molecule has 1 aromatic heterocycles. The van der Waals surface area contributed by atoms with Crippen LogP contribution in [0.3, 0.4) is 0 Å². The van der Waals surface area contributed by atoms with E-state index in [0.29, 0.717) is 0 Å². The Kier molecular flexibility index (Phi) is 3.71. The summed E-state index contributed by atoms with van der Waals surface area (Å²) in [4.78, 5) is 11.5. The third-order valence-corrected chi connectivity index (χ3v) is 1.99. The van der Waals surface area contributed by atoms with Crippen LogP contribution in [0, 0.1) is 6.92 Å². The first-order valence-corrected chi connectivity index (χ1v) is 4.62. The standard InChI is InChI=1S/C10H16N2O/c1-3-11-6-8-12-7-4-5-9(2)10(12)13/h4-5,7,11H,3,6,8H2,1-2H3. The lowest BCUT2D eigenvalue weighted by Crippen LogP contribution is -2.27. The Morgan fingerprint density at radius 2 is 2.31 bits per heavy atom. The molecule has 1 rings (SSSR count). The van der Waals surface area contributed by atoms with Crippen molar-refractivity contribution in [2.24, 2.45) is 0 Å². The van der Waals surface area contributed by atoms with Crippen molar-refractivity contribution < 1.29 is 0 Å². The SMILES string of the molecule is CCNCCn1cccc(C)c1=O. The number of likely N-dealkylation sites (N-methyl/N-ethyl adjacent to an activating group) is 1. The van der Waals surface area contributed by atoms with Gasteiger partial charge in [0.1, 0.15) is 0 Å². The molecule has 0 aliphatic carbocycles. The van der Waals surface area contributed by atoms with Crippen LogP contribution in [-0.4, -0.2) is 17.7 Å². The van der Waals surface area contributed by atoms with Crippen LogP contribution in [0.2, 0.25) is 0 Å². The molecule has 0 unspecified atom stereocenters. The van der Waals surface area contributed by atoms with Gasteiger partial charge in [0.2, 0.25) is 0 Å². The number of nitrogens with zero attached hydrogens (tertiary/aromatic N) is 1. The minimum Gasteiger partial charge on any atom is -0.315 e. The fourth-order valence-electron chi connectivity index (χ4n) is 1.21. The number of nitrogens with one attached hydrogen (secondary N) is 1. The molecule has 1 aromatic rings. The number of aromatic nitrogens is 1. The predicted molar refractivity (Wildman–Crippen MR) is 54.0 cm³/mol. The second-order valence-corrected chi connectivity index (χ2v) is 3.04. The van der Waals surface area contributed by atoms with Crippen molar-refractivity contribution >= 4 is 0 Å². The lowest BCUT2D eigenvalue weighted by molar-refractivity contribution is 0.597. The highest BCUT2D eigenvalue weighted by atomic mass is 16.1. The van der Waals surface area contributed by atoms with Crippen LogP contribution in [0.1, 0.15) is 12.5 Å². The summed E-state index contributed by atoms with van der Waals surface area (Å²) in [5.41, 5.74) is 0.916. The Balaban J connectivity index is 2.67. The Morgan fingerprint density at radius 1 is 1.54 bits per heavy atom. The molecule has 0 aromatic carbocycles. The van der Waals surface area contributed by atoms with E-state index in [1.807, 2.05) is 25.3 Å². The van der Waals surface area contributed by atoms with Gasteiger partial charge in [-0.1, -0.05) is 13.0 Å². The first-order chi connectivity index (χ1) is 6.25. The van der Waals surface area contributed by atoms with E-state index in [4.69, 9.17) is 0 Å². The van der Waals surface area contributed by atoms with Gasteiger partial charge in [0.15, 0.2) is 0 Å². The molecule has 3 heteroatoms. The molecule has 1 N–H and O–H groups in total. The van der Waals surface area contributed by atoms with Crippen molar-refractivity contribution in [1.82, 2.24) is 9.88 Å². The van der Waals surface area contributed by atoms with E-state index in [0.717, 1.165) is 25.2 Å². The predicted octanol–water partition coefficient (Wildman–Crippen LogP) is 0.766. The normalized spacial score (nSPS) is 10.3. The van der Waals surface area contributed by atoms with Gasteiger partial charge < -0.3 is 9.88 Å². The molecule has 0 fully saturated rings. The highest BCUT2D eigenvalue weighted by molar-refractivity contribution is 5.07. The lowest BCUT2D eigenvalue weighted by atomic mass is 10.3. The molecule has 0 aliphatic heterocycles. The first kappa shape index (κ1) is 9.99. The van der Waals surface area contributed by atoms with Gasteiger partial charge in [-0.15, -0.1) is 0 Å². The molecule has 0 bridgehead atoms. The molecule has 0 aliphatic rings. The molecular weight excluding hydrogens is 164 g/mol. The number of pyridine rings is 1. The van der Waals surface area contributed by atoms with Gasteiger partial charge >= 0.3 is 0 Å². The Labute approximate surface area is 78.4 Å². The summed E-state index contributed by atoms with van der Waals surface area (Å²) in [6.07, 6.45) is 1.83. The smallest absolute Gasteiger partial charge is 0.253 e. The summed E-state index contributed by atoms with van der Waals surface area (Å²) in [5.74, 6) is 0. The van der Waals surface area contributed by atoms with Crippen LogP contribution in [0.5, 0.6) is 0 Å². The zero-order valence-electron chi connectivity index (χ0n) is 8.21. The summed E-state index contributed by atoms with van der Waals surface area (Å²) >= 11 is 0. The van der Waals surface area contributed by atoms with Gasteiger partial charge in [-0.25, -0.2) is 0 Å². The van der Waals surface area contributed by atoms with Crippen LogP contribution >= 0.6 is 0 Å². The maximum atomic E-state index is 11.5. The summed E-state index contributed by atoms with van der Waals surface area (Å²) in [5, 5.41) is 3.18. The van der Waals surface area contributed by atoms with E-state index in [1.54, 1.807) is 4.57 Å². The van der Waals surface area contributed by atoms with Gasteiger partial charge in [0, 0.05) is 24.8 Å². The van der Waals surface area contributed by atoms with Crippen molar-refractivity contribution in [3.05, 3.63) is 34.2 Å². The van der Waals surface area contributed by atoms with Crippen LogP contribution in [0.15, 0.2) is 23.1 Å². The Bertz CT molecular complexity index is 317. The molecule has 0 atom stereocenters. The van der Waals surface area contributed by atoms with Crippen molar-refractivity contribution in [3.8, 4) is 0 Å². The molecule has 0 spiro atoms. The van der Waals surface area contributed by atoms with Crippen molar-refractivity contribution in [3.63, 3.8) is 0 Å². The van der Waals surface area contributed by atoms with Gasteiger partial charge in [0.05, 0.1) is 0 Å². The lowest BCUT2D eigenvalue weighted by Gasteiger charge is -2.05. The van der Waals surface area contributed by atoms with Crippen LogP contribution < -0.4 is 10.9 Å². The van der Waals surface area contributed by atoms with Gasteiger partial charge in [-0.3, -0.25) is 4.79 Å². The number of hydrogen-bond acceptors (Lipinski definition) is 2. The fourth-order valence-corrected chi connectivity index (χ4v) is 1.21. The quantitative estimate of drug-likeness (QED) is 0.694. The Morgan fingerprint density at radius 3 is 3.00 bits per heavy atom. The van der Waals surface area contributed by atoms with Crippen LogP contribution in [0.25, 0.3) is 0 Å². The largest absolute Gasteiger partial charge is 0.315 e. The summed E-state index contributed by atoms with van der Waals surface area (Å²) < 4.78 is 1.73. The fraction of sp³-hybridized carbons (Fsp3) is 0.500. The maximum absolute atomic E-state index is 11.5. The second kappa shape index (κ2) is 4.82. The number of aryl methyl sites for hydroxylation is 1. The molecule has 72 valence electrons. The van der Waals surface area contributed by atoms with Gasteiger partial charge in [-0.2, -0.15) is 0 Å². The molecular formula is C10H16N2O. The zero-order valence-corrected chi connectivity index (χ0v) is 8.21. The van der Waals surface area contributed by atoms with E-state index in [9.17, 15) is 4.79 Å². The molecule has 0 saturated carbocycles. The summed E-state index contributed by atoms with van der Waals surface area (Å²) in [6, 6.07) is 3.74. The molecule has 0 saturated heterocycles. The second-order valence-electron chi connectivity index (χ2n) is 3.04. The summed E-state index contributed by atoms with van der Waals surface area (Å²) in [6.45, 7) is 6.43. The average molecular weight is 180 g/mol. The third kappa shape index (κ3) is 2.70. The summed E-state index contributed by atoms with van der Waals surface area (Å²) in [7, 11) is 0. The van der Waals surface area contributed by atoms with Gasteiger partial charge in [-0.05, 0) is 19.5 Å². The topological polar surface area (TPSA) is 34.0 Å². The van der Waals surface area contributed by atoms with Crippen LogP contribution in [-0.2, 0) is 6.54 Å². The maximum Gasteiger partial charge on any atom is 0.253 e. The van der Waals surface area contributed by atoms with Crippen LogP contribution in [0.4, 0.5) is 0 Å². The van der Waals surface area contributed by atoms with E-state index in [1.165, 1.54) is 0 Å². The number of rotatable bonds is 4. The van der Waals surface area contributed by atoms with Crippen molar-refractivity contribution in [1.29, 1.82) is 0 Å². The molecule has 0 radical (unpaired) electrons. The zero-order chi connectivity index (χ0) is 9.68. The molecule has 1 heterocycles. The Hall–Kier alpha value is -1.09. The van der Waals surface area contributed by atoms with E-state index < -0.39 is 0 Å². The van der Waals surface area contributed by atoms with Gasteiger partial charge in [0.25, 0.3) is 5.56 Å². The molecule has 13 heavy (non-hydrogen) atoms.